The Balaban J connectivity index is 2.25. The minimum Gasteiger partial charge on any atom is -0.370 e. The first-order valence-electron chi connectivity index (χ1n) is 4.55. The maximum atomic E-state index is 10.4. The fourth-order valence-electron chi connectivity index (χ4n) is 1.14. The van der Waals surface area contributed by atoms with Crippen molar-refractivity contribution in [3.8, 4) is 0 Å². The molecule has 1 aromatic rings. The summed E-state index contributed by atoms with van der Waals surface area (Å²) in [5.74, 6) is -0.241. The molecule has 0 fully saturated rings. The maximum absolute atomic E-state index is 10.4. The molecule has 0 saturated carbocycles. The fourth-order valence-corrected chi connectivity index (χ4v) is 1.27. The van der Waals surface area contributed by atoms with Gasteiger partial charge in [-0.15, -0.1) is 0 Å². The van der Waals surface area contributed by atoms with Gasteiger partial charge in [-0.05, 0) is 37.0 Å². The molecule has 0 unspecified atom stereocenters. The molecule has 0 spiro atoms. The van der Waals surface area contributed by atoms with E-state index in [0.717, 1.165) is 23.4 Å². The molecular formula is C11H13ClNO. The van der Waals surface area contributed by atoms with Crippen LogP contribution in [-0.4, -0.2) is 5.91 Å². The average molecular weight is 211 g/mol. The van der Waals surface area contributed by atoms with Crippen molar-refractivity contribution < 1.29 is 4.79 Å². The summed E-state index contributed by atoms with van der Waals surface area (Å²) in [6, 6.07) is 7.60. The third-order valence-electron chi connectivity index (χ3n) is 1.88. The number of hydrogen-bond acceptors (Lipinski definition) is 1. The molecule has 2 N–H and O–H groups in total. The Labute approximate surface area is 89.1 Å². The molecule has 0 bridgehead atoms. The molecule has 0 aliphatic heterocycles. The quantitative estimate of drug-likeness (QED) is 0.746. The van der Waals surface area contributed by atoms with E-state index in [0.29, 0.717) is 6.42 Å². The number of primary amides is 1. The summed E-state index contributed by atoms with van der Waals surface area (Å²) in [6.07, 6.45) is 4.19. The predicted octanol–water partition coefficient (Wildman–Crippen LogP) is 2.55. The van der Waals surface area contributed by atoms with E-state index in [4.69, 9.17) is 17.3 Å². The van der Waals surface area contributed by atoms with Gasteiger partial charge < -0.3 is 5.73 Å². The van der Waals surface area contributed by atoms with Crippen molar-refractivity contribution >= 4 is 17.5 Å². The first-order valence-corrected chi connectivity index (χ1v) is 4.93. The van der Waals surface area contributed by atoms with Gasteiger partial charge in [-0.3, -0.25) is 4.79 Å². The molecular weight excluding hydrogens is 198 g/mol. The van der Waals surface area contributed by atoms with Crippen LogP contribution in [0.25, 0.3) is 0 Å². The molecule has 14 heavy (non-hydrogen) atoms. The number of rotatable bonds is 5. The van der Waals surface area contributed by atoms with E-state index in [1.54, 1.807) is 0 Å². The van der Waals surface area contributed by atoms with Crippen molar-refractivity contribution in [2.24, 2.45) is 5.73 Å². The van der Waals surface area contributed by atoms with Crippen molar-refractivity contribution in [3.05, 3.63) is 41.3 Å². The van der Waals surface area contributed by atoms with Crippen LogP contribution in [0.2, 0.25) is 5.02 Å². The number of carbonyl (C=O) groups is 1. The van der Waals surface area contributed by atoms with Crippen LogP contribution in [0, 0.1) is 6.42 Å². The molecule has 1 rings (SSSR count). The molecule has 1 amide bonds. The van der Waals surface area contributed by atoms with Crippen molar-refractivity contribution in [1.29, 1.82) is 0 Å². The molecule has 0 saturated heterocycles. The van der Waals surface area contributed by atoms with E-state index in [1.807, 2.05) is 24.3 Å². The monoisotopic (exact) mass is 210 g/mol. The van der Waals surface area contributed by atoms with Gasteiger partial charge in [-0.1, -0.05) is 23.7 Å². The third-order valence-corrected chi connectivity index (χ3v) is 2.13. The Hall–Kier alpha value is -1.02. The van der Waals surface area contributed by atoms with Crippen LogP contribution in [0.3, 0.4) is 0 Å². The Morgan fingerprint density at radius 1 is 1.36 bits per heavy atom. The molecule has 75 valence electrons. The van der Waals surface area contributed by atoms with E-state index in [2.05, 4.69) is 6.42 Å². The van der Waals surface area contributed by atoms with Crippen LogP contribution < -0.4 is 5.73 Å². The number of carbonyl (C=O) groups excluding carboxylic acids is 1. The Kier molecular flexibility index (Phi) is 4.47. The lowest BCUT2D eigenvalue weighted by Gasteiger charge is -1.99. The lowest BCUT2D eigenvalue weighted by molar-refractivity contribution is -0.118. The Morgan fingerprint density at radius 2 is 2.00 bits per heavy atom. The van der Waals surface area contributed by atoms with Crippen molar-refractivity contribution in [3.63, 3.8) is 0 Å². The zero-order valence-electron chi connectivity index (χ0n) is 7.87. The molecule has 2 nitrogen and oxygen atoms in total. The minimum absolute atomic E-state index is 0.241. The van der Waals surface area contributed by atoms with E-state index in [1.165, 1.54) is 0 Å². The third kappa shape index (κ3) is 4.28. The van der Waals surface area contributed by atoms with Gasteiger partial charge in [-0.25, -0.2) is 0 Å². The van der Waals surface area contributed by atoms with Gasteiger partial charge in [0.1, 0.15) is 0 Å². The first kappa shape index (κ1) is 11.1. The van der Waals surface area contributed by atoms with Gasteiger partial charge in [0.15, 0.2) is 0 Å². The predicted molar refractivity (Wildman–Crippen MR) is 57.9 cm³/mol. The van der Waals surface area contributed by atoms with Crippen molar-refractivity contribution in [1.82, 2.24) is 0 Å². The molecule has 1 radical (unpaired) electrons. The minimum atomic E-state index is -0.241. The second-order valence-corrected chi connectivity index (χ2v) is 3.55. The molecule has 0 aliphatic carbocycles. The highest BCUT2D eigenvalue weighted by molar-refractivity contribution is 6.30. The van der Waals surface area contributed by atoms with Gasteiger partial charge in [-0.2, -0.15) is 0 Å². The summed E-state index contributed by atoms with van der Waals surface area (Å²) < 4.78 is 0. The van der Waals surface area contributed by atoms with Crippen LogP contribution in [0.4, 0.5) is 0 Å². The molecule has 0 heterocycles. The lowest BCUT2D eigenvalue weighted by Crippen LogP contribution is -2.09. The normalized spacial score (nSPS) is 10.1. The summed E-state index contributed by atoms with van der Waals surface area (Å²) in [4.78, 5) is 10.4. The zero-order chi connectivity index (χ0) is 10.4. The van der Waals surface area contributed by atoms with E-state index in [9.17, 15) is 4.79 Å². The van der Waals surface area contributed by atoms with Gasteiger partial charge in [0.25, 0.3) is 0 Å². The second-order valence-electron chi connectivity index (χ2n) is 3.11. The van der Waals surface area contributed by atoms with Crippen molar-refractivity contribution in [2.45, 2.75) is 19.3 Å². The van der Waals surface area contributed by atoms with Crippen LogP contribution in [0.15, 0.2) is 24.3 Å². The van der Waals surface area contributed by atoms with E-state index in [-0.39, 0.29) is 5.91 Å². The summed E-state index contributed by atoms with van der Waals surface area (Å²) in [5, 5.41) is 0.735. The smallest absolute Gasteiger partial charge is 0.217 e. The number of hydrogen-bond donors (Lipinski definition) is 1. The SMILES string of the molecule is NC(=O)CCC[CH]c1ccc(Cl)cc1. The average Bonchev–Trinajstić information content (AvgIpc) is 2.15. The fraction of sp³-hybridized carbons (Fsp3) is 0.273. The summed E-state index contributed by atoms with van der Waals surface area (Å²) in [7, 11) is 0. The number of halogens is 1. The van der Waals surface area contributed by atoms with Gasteiger partial charge in [0, 0.05) is 11.4 Å². The first-order chi connectivity index (χ1) is 6.68. The molecule has 1 aromatic carbocycles. The van der Waals surface area contributed by atoms with E-state index < -0.39 is 0 Å². The maximum Gasteiger partial charge on any atom is 0.217 e. The Morgan fingerprint density at radius 3 is 2.57 bits per heavy atom. The molecule has 0 aliphatic rings. The van der Waals surface area contributed by atoms with Gasteiger partial charge in [0.05, 0.1) is 0 Å². The number of nitrogens with two attached hydrogens (primary N) is 1. The second kappa shape index (κ2) is 5.66. The highest BCUT2D eigenvalue weighted by atomic mass is 35.5. The van der Waals surface area contributed by atoms with Crippen LogP contribution in [-0.2, 0) is 4.79 Å². The van der Waals surface area contributed by atoms with E-state index >= 15 is 0 Å². The summed E-state index contributed by atoms with van der Waals surface area (Å²) >= 11 is 5.74. The number of unbranched alkanes of at least 4 members (excludes halogenated alkanes) is 1. The molecule has 0 aromatic heterocycles. The zero-order valence-corrected chi connectivity index (χ0v) is 8.63. The van der Waals surface area contributed by atoms with Crippen molar-refractivity contribution in [2.75, 3.05) is 0 Å². The topological polar surface area (TPSA) is 43.1 Å². The number of amides is 1. The summed E-state index contributed by atoms with van der Waals surface area (Å²) in [5.41, 5.74) is 6.15. The largest absolute Gasteiger partial charge is 0.370 e. The highest BCUT2D eigenvalue weighted by Crippen LogP contribution is 2.13. The lowest BCUT2D eigenvalue weighted by atomic mass is 10.1. The van der Waals surface area contributed by atoms with Crippen LogP contribution in [0.5, 0.6) is 0 Å². The standard InChI is InChI=1S/C11H13ClNO/c12-10-7-5-9(6-8-10)3-1-2-4-11(13)14/h3,5-8H,1-2,4H2,(H2,13,14). The highest BCUT2D eigenvalue weighted by Gasteiger charge is 1.96. The molecule has 0 atom stereocenters. The number of benzene rings is 1. The molecule has 3 heteroatoms. The summed E-state index contributed by atoms with van der Waals surface area (Å²) in [6.45, 7) is 0. The van der Waals surface area contributed by atoms with Gasteiger partial charge >= 0.3 is 0 Å². The van der Waals surface area contributed by atoms with Crippen LogP contribution >= 0.6 is 11.6 Å². The Bertz CT molecular complexity index is 295. The van der Waals surface area contributed by atoms with Crippen LogP contribution in [0.1, 0.15) is 24.8 Å². The van der Waals surface area contributed by atoms with Gasteiger partial charge in [0.2, 0.25) is 5.91 Å².